The zero-order chi connectivity index (χ0) is 12.9. The van der Waals surface area contributed by atoms with Crippen molar-refractivity contribution in [2.75, 3.05) is 0 Å². The van der Waals surface area contributed by atoms with Gasteiger partial charge in [-0.25, -0.2) is 0 Å². The summed E-state index contributed by atoms with van der Waals surface area (Å²) in [4.78, 5) is 2.60. The van der Waals surface area contributed by atoms with Crippen LogP contribution in [0.1, 0.15) is 38.7 Å². The second-order valence-electron chi connectivity index (χ2n) is 5.43. The highest BCUT2D eigenvalue weighted by molar-refractivity contribution is 8.05. The van der Waals surface area contributed by atoms with Gasteiger partial charge in [-0.15, -0.1) is 0 Å². The summed E-state index contributed by atoms with van der Waals surface area (Å²) in [6, 6.07) is 3.84. The second-order valence-corrected chi connectivity index (χ2v) is 6.49. The molecule has 0 unspecified atom stereocenters. The number of allylic oxidation sites excluding steroid dienone is 3. The van der Waals surface area contributed by atoms with Crippen LogP contribution in [0, 0.1) is 5.92 Å². The number of hydrogen-bond acceptors (Lipinski definition) is 2. The van der Waals surface area contributed by atoms with E-state index in [1.54, 1.807) is 11.8 Å². The van der Waals surface area contributed by atoms with Gasteiger partial charge in [0.25, 0.3) is 0 Å². The Morgan fingerprint density at radius 1 is 1.44 bits per heavy atom. The summed E-state index contributed by atoms with van der Waals surface area (Å²) >= 11 is 1.79. The van der Waals surface area contributed by atoms with Crippen LogP contribution in [0.3, 0.4) is 0 Å². The first-order valence-corrected chi connectivity index (χ1v) is 7.27. The normalized spacial score (nSPS) is 21.8. The zero-order valence-electron chi connectivity index (χ0n) is 10.9. The van der Waals surface area contributed by atoms with Gasteiger partial charge in [0.2, 0.25) is 0 Å². The van der Waals surface area contributed by atoms with Crippen LogP contribution in [-0.2, 0) is 0 Å². The van der Waals surface area contributed by atoms with E-state index in [2.05, 4.69) is 20.4 Å². The maximum Gasteiger partial charge on any atom is 0.124 e. The van der Waals surface area contributed by atoms with Gasteiger partial charge in [-0.05, 0) is 56.7 Å². The third kappa shape index (κ3) is 1.89. The van der Waals surface area contributed by atoms with Gasteiger partial charge >= 0.3 is 0 Å². The van der Waals surface area contributed by atoms with Gasteiger partial charge in [0.1, 0.15) is 5.75 Å². The van der Waals surface area contributed by atoms with Crippen molar-refractivity contribution in [2.45, 2.75) is 42.9 Å². The van der Waals surface area contributed by atoms with Crippen molar-refractivity contribution in [1.82, 2.24) is 0 Å². The molecule has 1 heterocycles. The Kier molecular flexibility index (Phi) is 2.78. The lowest BCUT2D eigenvalue weighted by Crippen LogP contribution is -2.10. The largest absolute Gasteiger partial charge is 0.507 e. The maximum absolute atomic E-state index is 10.1. The lowest BCUT2D eigenvalue weighted by Gasteiger charge is -2.26. The molecule has 18 heavy (non-hydrogen) atoms. The number of fused-ring (bicyclic) bond motifs is 1. The Hall–Kier alpha value is -1.15. The summed E-state index contributed by atoms with van der Waals surface area (Å²) in [5.74, 6) is 1.01. The first kappa shape index (κ1) is 11.9. The highest BCUT2D eigenvalue weighted by Crippen LogP contribution is 2.57. The Balaban J connectivity index is 2.03. The van der Waals surface area contributed by atoms with E-state index in [4.69, 9.17) is 0 Å². The second kappa shape index (κ2) is 4.20. The maximum atomic E-state index is 10.1. The quantitative estimate of drug-likeness (QED) is 0.604. The van der Waals surface area contributed by atoms with E-state index in [9.17, 15) is 5.11 Å². The first-order valence-electron chi connectivity index (χ1n) is 6.46. The van der Waals surface area contributed by atoms with Crippen LogP contribution in [0.2, 0.25) is 0 Å². The highest BCUT2D eigenvalue weighted by Gasteiger charge is 2.30. The molecule has 1 nitrogen and oxygen atoms in total. The van der Waals surface area contributed by atoms with Crippen LogP contribution in [0.25, 0.3) is 5.57 Å². The summed E-state index contributed by atoms with van der Waals surface area (Å²) in [5.41, 5.74) is 5.15. The lowest BCUT2D eigenvalue weighted by molar-refractivity contribution is 0.469. The molecule has 0 bridgehead atoms. The van der Waals surface area contributed by atoms with Gasteiger partial charge in [0, 0.05) is 15.4 Å². The minimum atomic E-state index is 0.440. The minimum absolute atomic E-state index is 0.440. The predicted octanol–water partition coefficient (Wildman–Crippen LogP) is 5.01. The molecule has 0 aromatic heterocycles. The fraction of sp³-hybridized carbons (Fsp3) is 0.375. The van der Waals surface area contributed by atoms with Crippen LogP contribution in [0.5, 0.6) is 5.75 Å². The molecule has 2 aliphatic rings. The van der Waals surface area contributed by atoms with Gasteiger partial charge < -0.3 is 5.11 Å². The Morgan fingerprint density at radius 2 is 2.22 bits per heavy atom. The molecule has 0 fully saturated rings. The van der Waals surface area contributed by atoms with Crippen LogP contribution in [0.15, 0.2) is 39.6 Å². The molecule has 1 aromatic carbocycles. The van der Waals surface area contributed by atoms with E-state index >= 15 is 0 Å². The molecule has 0 spiro atoms. The monoisotopic (exact) mass is 258 g/mol. The van der Waals surface area contributed by atoms with Crippen LogP contribution in [0.4, 0.5) is 0 Å². The third-order valence-electron chi connectivity index (χ3n) is 4.10. The van der Waals surface area contributed by atoms with E-state index in [0.717, 1.165) is 18.4 Å². The Morgan fingerprint density at radius 3 is 2.94 bits per heavy atom. The van der Waals surface area contributed by atoms with Gasteiger partial charge in [0.05, 0.1) is 0 Å². The number of hydrogen-bond donors (Lipinski definition) is 1. The van der Waals surface area contributed by atoms with E-state index in [0.29, 0.717) is 11.7 Å². The Bertz CT molecular complexity index is 565. The van der Waals surface area contributed by atoms with Crippen LogP contribution >= 0.6 is 11.8 Å². The molecule has 3 rings (SSSR count). The average molecular weight is 258 g/mol. The standard InChI is InChI=1S/C16H18OS/c1-9(2)11-5-4-10(3)12(8-11)15-13(17)6-7-14-16(15)18-14/h6-7,11,17H,1,4-5,8H2,2-3H3/t11-/m1/s1. The molecule has 1 aliphatic heterocycles. The molecular weight excluding hydrogens is 240 g/mol. The topological polar surface area (TPSA) is 20.2 Å². The third-order valence-corrected chi connectivity index (χ3v) is 5.09. The number of phenolic OH excluding ortho intramolecular Hbond substituents is 1. The molecular formula is C16H18OS. The van der Waals surface area contributed by atoms with Gasteiger partial charge in [-0.2, -0.15) is 0 Å². The number of phenols is 1. The number of benzene rings is 1. The molecule has 1 aliphatic carbocycles. The van der Waals surface area contributed by atoms with E-state index in [-0.39, 0.29) is 0 Å². The molecule has 1 atom stereocenters. The summed E-state index contributed by atoms with van der Waals surface area (Å²) in [6.45, 7) is 8.42. The highest BCUT2D eigenvalue weighted by atomic mass is 32.2. The molecule has 0 amide bonds. The van der Waals surface area contributed by atoms with Gasteiger partial charge in [-0.1, -0.05) is 29.5 Å². The van der Waals surface area contributed by atoms with E-state index in [1.165, 1.54) is 32.9 Å². The predicted molar refractivity (Wildman–Crippen MR) is 77.0 cm³/mol. The smallest absolute Gasteiger partial charge is 0.124 e. The molecule has 0 saturated carbocycles. The van der Waals surface area contributed by atoms with Crippen molar-refractivity contribution in [2.24, 2.45) is 5.92 Å². The van der Waals surface area contributed by atoms with Crippen molar-refractivity contribution < 1.29 is 5.11 Å². The lowest BCUT2D eigenvalue weighted by atomic mass is 9.78. The molecule has 2 heteroatoms. The van der Waals surface area contributed by atoms with Crippen LogP contribution < -0.4 is 0 Å². The fourth-order valence-electron chi connectivity index (χ4n) is 2.81. The van der Waals surface area contributed by atoms with Crippen molar-refractivity contribution >= 4 is 17.3 Å². The SMILES string of the molecule is C=C(C)[C@@H]1CCC(C)=C(c2c(O)ccc3c2S3)C1. The van der Waals surface area contributed by atoms with Crippen molar-refractivity contribution in [3.8, 4) is 5.75 Å². The van der Waals surface area contributed by atoms with Crippen molar-refractivity contribution in [3.05, 3.63) is 35.4 Å². The number of rotatable bonds is 2. The molecule has 0 saturated heterocycles. The first-order chi connectivity index (χ1) is 8.58. The summed E-state index contributed by atoms with van der Waals surface area (Å²) in [7, 11) is 0. The fourth-order valence-corrected chi connectivity index (χ4v) is 3.62. The van der Waals surface area contributed by atoms with Crippen molar-refractivity contribution in [3.63, 3.8) is 0 Å². The van der Waals surface area contributed by atoms with Gasteiger partial charge in [0.15, 0.2) is 0 Å². The van der Waals surface area contributed by atoms with Gasteiger partial charge in [-0.3, -0.25) is 0 Å². The van der Waals surface area contributed by atoms with E-state index in [1.807, 2.05) is 12.1 Å². The minimum Gasteiger partial charge on any atom is -0.507 e. The summed E-state index contributed by atoms with van der Waals surface area (Å²) in [5, 5.41) is 10.1. The molecule has 0 radical (unpaired) electrons. The summed E-state index contributed by atoms with van der Waals surface area (Å²) in [6.07, 6.45) is 3.36. The number of aromatic hydroxyl groups is 1. The average Bonchev–Trinajstić information content (AvgIpc) is 3.09. The summed E-state index contributed by atoms with van der Waals surface area (Å²) < 4.78 is 0. The molecule has 1 aromatic rings. The molecule has 1 N–H and O–H groups in total. The Labute approximate surface area is 113 Å². The zero-order valence-corrected chi connectivity index (χ0v) is 11.7. The van der Waals surface area contributed by atoms with Crippen LogP contribution in [-0.4, -0.2) is 5.11 Å². The molecule has 94 valence electrons. The van der Waals surface area contributed by atoms with E-state index < -0.39 is 0 Å². The van der Waals surface area contributed by atoms with Crippen molar-refractivity contribution in [1.29, 1.82) is 0 Å².